The van der Waals surface area contributed by atoms with Crippen LogP contribution in [0, 0.1) is 0 Å². The monoisotopic (exact) mass is 283 g/mol. The number of aromatic nitrogens is 2. The van der Waals surface area contributed by atoms with Crippen LogP contribution in [0.2, 0.25) is 10.0 Å². The van der Waals surface area contributed by atoms with Crippen molar-refractivity contribution in [1.82, 2.24) is 9.55 Å². The van der Waals surface area contributed by atoms with Crippen LogP contribution in [0.4, 0.5) is 0 Å². The summed E-state index contributed by atoms with van der Waals surface area (Å²) in [7, 11) is 0. The second-order valence-electron chi connectivity index (χ2n) is 4.79. The topological polar surface area (TPSA) is 43.8 Å². The minimum atomic E-state index is 0.565. The van der Waals surface area contributed by atoms with Crippen molar-refractivity contribution in [1.29, 1.82) is 0 Å². The van der Waals surface area contributed by atoms with Crippen LogP contribution in [0.15, 0.2) is 12.1 Å². The molecule has 18 heavy (non-hydrogen) atoms. The molecule has 1 saturated carbocycles. The maximum absolute atomic E-state index is 6.10. The highest BCUT2D eigenvalue weighted by atomic mass is 35.5. The van der Waals surface area contributed by atoms with Crippen molar-refractivity contribution in [3.8, 4) is 0 Å². The van der Waals surface area contributed by atoms with E-state index in [4.69, 9.17) is 33.9 Å². The standard InChI is InChI=1S/C13H15Cl2N3/c14-9-6-11-12(7-10(9)15)18(5-1-4-16)13(17-11)8-2-3-8/h6-8H,1-5,16H2. The zero-order chi connectivity index (χ0) is 12.7. The second-order valence-corrected chi connectivity index (χ2v) is 5.61. The van der Waals surface area contributed by atoms with Crippen molar-refractivity contribution in [3.05, 3.63) is 28.0 Å². The number of halogens is 2. The van der Waals surface area contributed by atoms with Gasteiger partial charge in [0.1, 0.15) is 5.82 Å². The quantitative estimate of drug-likeness (QED) is 0.932. The first-order valence-electron chi connectivity index (χ1n) is 6.26. The lowest BCUT2D eigenvalue weighted by atomic mass is 10.3. The van der Waals surface area contributed by atoms with Gasteiger partial charge in [-0.15, -0.1) is 0 Å². The average molecular weight is 284 g/mol. The van der Waals surface area contributed by atoms with Crippen LogP contribution >= 0.6 is 23.2 Å². The van der Waals surface area contributed by atoms with Crippen LogP contribution in [0.3, 0.4) is 0 Å². The Morgan fingerprint density at radius 3 is 2.67 bits per heavy atom. The molecule has 5 heteroatoms. The van der Waals surface area contributed by atoms with Gasteiger partial charge in [-0.3, -0.25) is 0 Å². The molecule has 0 amide bonds. The van der Waals surface area contributed by atoms with Gasteiger partial charge in [-0.05, 0) is 37.9 Å². The highest BCUT2D eigenvalue weighted by Crippen LogP contribution is 2.41. The lowest BCUT2D eigenvalue weighted by Crippen LogP contribution is -2.08. The van der Waals surface area contributed by atoms with Crippen LogP contribution in [-0.2, 0) is 6.54 Å². The predicted molar refractivity (Wildman–Crippen MR) is 75.4 cm³/mol. The third-order valence-electron chi connectivity index (χ3n) is 3.35. The van der Waals surface area contributed by atoms with Crippen molar-refractivity contribution in [2.24, 2.45) is 5.73 Å². The molecule has 0 bridgehead atoms. The van der Waals surface area contributed by atoms with Crippen LogP contribution < -0.4 is 5.73 Å². The molecule has 0 spiro atoms. The maximum Gasteiger partial charge on any atom is 0.112 e. The fourth-order valence-corrected chi connectivity index (χ4v) is 2.59. The summed E-state index contributed by atoms with van der Waals surface area (Å²) < 4.78 is 2.25. The Labute approximate surface area is 116 Å². The molecule has 1 aromatic heterocycles. The van der Waals surface area contributed by atoms with E-state index in [2.05, 4.69) is 4.57 Å². The molecule has 3 nitrogen and oxygen atoms in total. The van der Waals surface area contributed by atoms with E-state index < -0.39 is 0 Å². The molecule has 0 saturated heterocycles. The van der Waals surface area contributed by atoms with E-state index in [1.54, 1.807) is 0 Å². The van der Waals surface area contributed by atoms with Gasteiger partial charge >= 0.3 is 0 Å². The first-order valence-corrected chi connectivity index (χ1v) is 7.01. The SMILES string of the molecule is NCCCn1c(C2CC2)nc2cc(Cl)c(Cl)cc21. The minimum absolute atomic E-state index is 0.565. The molecule has 3 rings (SSSR count). The van der Waals surface area contributed by atoms with E-state index >= 15 is 0 Å². The summed E-state index contributed by atoms with van der Waals surface area (Å²) in [4.78, 5) is 4.71. The van der Waals surface area contributed by atoms with Gasteiger partial charge in [0.2, 0.25) is 0 Å². The number of nitrogens with zero attached hydrogens (tertiary/aromatic N) is 2. The van der Waals surface area contributed by atoms with Gasteiger partial charge in [0.05, 0.1) is 21.1 Å². The molecule has 1 aromatic carbocycles. The van der Waals surface area contributed by atoms with Gasteiger partial charge in [0.25, 0.3) is 0 Å². The Morgan fingerprint density at radius 2 is 2.00 bits per heavy atom. The molecular weight excluding hydrogens is 269 g/mol. The van der Waals surface area contributed by atoms with Crippen LogP contribution in [0.5, 0.6) is 0 Å². The molecule has 1 aliphatic rings. The van der Waals surface area contributed by atoms with E-state index in [1.165, 1.54) is 12.8 Å². The zero-order valence-electron chi connectivity index (χ0n) is 10.00. The van der Waals surface area contributed by atoms with Gasteiger partial charge in [0.15, 0.2) is 0 Å². The van der Waals surface area contributed by atoms with Crippen molar-refractivity contribution in [3.63, 3.8) is 0 Å². The third kappa shape index (κ3) is 2.11. The van der Waals surface area contributed by atoms with E-state index in [1.807, 2.05) is 12.1 Å². The molecule has 0 radical (unpaired) electrons. The summed E-state index contributed by atoms with van der Waals surface area (Å²) in [5.41, 5.74) is 7.61. The lowest BCUT2D eigenvalue weighted by molar-refractivity contribution is 0.633. The largest absolute Gasteiger partial charge is 0.330 e. The maximum atomic E-state index is 6.10. The van der Waals surface area contributed by atoms with E-state index in [0.717, 1.165) is 29.8 Å². The van der Waals surface area contributed by atoms with E-state index in [0.29, 0.717) is 22.5 Å². The number of aryl methyl sites for hydroxylation is 1. The second kappa shape index (κ2) is 4.72. The van der Waals surface area contributed by atoms with Crippen molar-refractivity contribution >= 4 is 34.2 Å². The molecule has 0 unspecified atom stereocenters. The first kappa shape index (κ1) is 12.3. The number of hydrogen-bond acceptors (Lipinski definition) is 2. The minimum Gasteiger partial charge on any atom is -0.330 e. The highest BCUT2D eigenvalue weighted by Gasteiger charge is 2.29. The van der Waals surface area contributed by atoms with Crippen LogP contribution in [-0.4, -0.2) is 16.1 Å². The summed E-state index contributed by atoms with van der Waals surface area (Å²) in [5.74, 6) is 1.77. The number of benzene rings is 1. The third-order valence-corrected chi connectivity index (χ3v) is 4.07. The number of fused-ring (bicyclic) bond motifs is 1. The number of nitrogens with two attached hydrogens (primary N) is 1. The molecule has 1 fully saturated rings. The summed E-state index contributed by atoms with van der Waals surface area (Å²) >= 11 is 12.1. The van der Waals surface area contributed by atoms with Gasteiger partial charge < -0.3 is 10.3 Å². The Kier molecular flexibility index (Phi) is 3.22. The summed E-state index contributed by atoms with van der Waals surface area (Å²) in [6.07, 6.45) is 3.41. The van der Waals surface area contributed by atoms with Crippen LogP contribution in [0.1, 0.15) is 31.0 Å². The molecule has 1 aliphatic carbocycles. The Morgan fingerprint density at radius 1 is 1.28 bits per heavy atom. The summed E-state index contributed by atoms with van der Waals surface area (Å²) in [6, 6.07) is 3.76. The molecule has 0 atom stereocenters. The smallest absolute Gasteiger partial charge is 0.112 e. The van der Waals surface area contributed by atoms with Gasteiger partial charge in [-0.25, -0.2) is 4.98 Å². The van der Waals surface area contributed by atoms with E-state index in [-0.39, 0.29) is 0 Å². The van der Waals surface area contributed by atoms with Crippen molar-refractivity contribution in [2.75, 3.05) is 6.54 Å². The molecule has 96 valence electrons. The number of rotatable bonds is 4. The van der Waals surface area contributed by atoms with Gasteiger partial charge in [-0.1, -0.05) is 23.2 Å². The fraction of sp³-hybridized carbons (Fsp3) is 0.462. The summed E-state index contributed by atoms with van der Waals surface area (Å²) in [5, 5.41) is 1.15. The first-order chi connectivity index (χ1) is 8.70. The number of hydrogen-bond donors (Lipinski definition) is 1. The molecule has 2 N–H and O–H groups in total. The van der Waals surface area contributed by atoms with Crippen molar-refractivity contribution < 1.29 is 0 Å². The van der Waals surface area contributed by atoms with Crippen LogP contribution in [0.25, 0.3) is 11.0 Å². The number of imidazole rings is 1. The fourth-order valence-electron chi connectivity index (χ4n) is 2.28. The van der Waals surface area contributed by atoms with E-state index in [9.17, 15) is 0 Å². The Hall–Kier alpha value is -0.770. The zero-order valence-corrected chi connectivity index (χ0v) is 11.5. The Bertz CT molecular complexity index is 587. The molecular formula is C13H15Cl2N3. The van der Waals surface area contributed by atoms with Gasteiger partial charge in [-0.2, -0.15) is 0 Å². The average Bonchev–Trinajstić information content (AvgIpc) is 3.13. The van der Waals surface area contributed by atoms with Crippen molar-refractivity contribution in [2.45, 2.75) is 31.7 Å². The molecule has 1 heterocycles. The summed E-state index contributed by atoms with van der Waals surface area (Å²) in [6.45, 7) is 1.59. The normalized spacial score (nSPS) is 15.5. The molecule has 2 aromatic rings. The predicted octanol–water partition coefficient (Wildman–Crippen LogP) is 3.57. The molecule has 0 aliphatic heterocycles. The highest BCUT2D eigenvalue weighted by molar-refractivity contribution is 6.42. The lowest BCUT2D eigenvalue weighted by Gasteiger charge is -2.07. The Balaban J connectivity index is 2.14. The van der Waals surface area contributed by atoms with Gasteiger partial charge in [0, 0.05) is 12.5 Å².